The van der Waals surface area contributed by atoms with Crippen LogP contribution in [0, 0.1) is 5.92 Å². The van der Waals surface area contributed by atoms with Crippen molar-refractivity contribution in [1.29, 1.82) is 0 Å². The molecular weight excluding hydrogens is 879 g/mol. The number of aromatic nitrogens is 3. The molecule has 4 aromatic rings. The number of alkyl carbamates (subject to hydrolysis) is 1. The summed E-state index contributed by atoms with van der Waals surface area (Å²) in [4.78, 5) is 63.5. The molecule has 0 radical (unpaired) electrons. The molecule has 4 fully saturated rings. The van der Waals surface area contributed by atoms with Gasteiger partial charge in [-0.15, -0.1) is 0 Å². The molecule has 358 valence electrons. The van der Waals surface area contributed by atoms with Crippen LogP contribution in [-0.4, -0.2) is 106 Å². The van der Waals surface area contributed by atoms with E-state index in [1.165, 1.54) is 4.90 Å². The molecule has 2 aliphatic heterocycles. The summed E-state index contributed by atoms with van der Waals surface area (Å²) in [5.41, 5.74) is 0.943. The molecule has 4 amide bonds. The van der Waals surface area contributed by atoms with E-state index in [1.54, 1.807) is 10.6 Å². The smallest absolute Gasteiger partial charge is 0.408 e. The Kier molecular flexibility index (Phi) is 13.1. The highest BCUT2D eigenvalue weighted by molar-refractivity contribution is 7.91. The predicted molar refractivity (Wildman–Crippen MR) is 249 cm³/mol. The Balaban J connectivity index is 1.07. The third-order valence-corrected chi connectivity index (χ3v) is 15.0. The van der Waals surface area contributed by atoms with E-state index in [9.17, 15) is 27.6 Å². The second-order valence-electron chi connectivity index (χ2n) is 19.3. The van der Waals surface area contributed by atoms with E-state index < -0.39 is 68.7 Å². The van der Waals surface area contributed by atoms with Crippen molar-refractivity contribution in [3.63, 3.8) is 0 Å². The molecule has 4 heterocycles. The summed E-state index contributed by atoms with van der Waals surface area (Å²) in [6, 6.07) is 12.8. The van der Waals surface area contributed by atoms with Gasteiger partial charge in [-0.25, -0.2) is 18.2 Å². The monoisotopic (exact) mass is 939 g/mol. The van der Waals surface area contributed by atoms with E-state index in [-0.39, 0.29) is 37.7 Å². The van der Waals surface area contributed by atoms with Gasteiger partial charge < -0.3 is 34.5 Å². The second-order valence-corrected chi connectivity index (χ2v) is 21.2. The summed E-state index contributed by atoms with van der Waals surface area (Å²) < 4.78 is 54.4. The van der Waals surface area contributed by atoms with Crippen LogP contribution in [-0.2, 0) is 29.1 Å². The Morgan fingerprint density at radius 3 is 2.31 bits per heavy atom. The lowest BCUT2D eigenvalue weighted by Crippen LogP contribution is -2.58. The molecule has 5 aliphatic rings. The quantitative estimate of drug-likeness (QED) is 0.130. The maximum absolute atomic E-state index is 14.9. The summed E-state index contributed by atoms with van der Waals surface area (Å²) in [6.07, 6.45) is 9.76. The average Bonchev–Trinajstić information content (AvgIpc) is 4.09. The average molecular weight is 940 g/mol. The lowest BCUT2D eigenvalue weighted by molar-refractivity contribution is -0.141. The number of nitrogens with zero attached hydrogens (tertiary/aromatic N) is 4. The maximum Gasteiger partial charge on any atom is 0.408 e. The molecular formula is C49H61N7O10S. The van der Waals surface area contributed by atoms with Crippen molar-refractivity contribution >= 4 is 50.4 Å². The Hall–Kier alpha value is -5.91. The largest absolute Gasteiger partial charge is 0.491 e. The molecule has 2 aromatic heterocycles. The maximum atomic E-state index is 14.9. The van der Waals surface area contributed by atoms with Gasteiger partial charge in [0.15, 0.2) is 5.65 Å². The number of nitrogens with one attached hydrogen (secondary N) is 3. The topological polar surface area (TPSA) is 209 Å². The van der Waals surface area contributed by atoms with Crippen molar-refractivity contribution in [2.45, 2.75) is 158 Å². The molecule has 67 heavy (non-hydrogen) atoms. The third-order valence-electron chi connectivity index (χ3n) is 13.2. The zero-order valence-corrected chi connectivity index (χ0v) is 39.4. The zero-order chi connectivity index (χ0) is 47.0. The van der Waals surface area contributed by atoms with Crippen molar-refractivity contribution in [2.75, 3.05) is 6.54 Å². The van der Waals surface area contributed by atoms with Crippen LogP contribution < -0.4 is 29.6 Å². The number of sulfonamides is 1. The third kappa shape index (κ3) is 10.3. The van der Waals surface area contributed by atoms with Gasteiger partial charge in [-0.2, -0.15) is 9.61 Å². The standard InChI is InChI=1S/C49H61N7O10S/c1-29(2)63-34-18-16-31(17-19-34)40-26-43(56-44(50-40)38-23-20-35(64-30(3)4)24-41(38)53-56)65-36-25-42-45(57)52-49(47(59)54-67(61,62)37-21-22-37)27-32(49)12-8-6-5-7-9-15-39(46(58)55(42)28-36)51-48(60)66-33-13-10-11-14-33/h8,12,16-20,23-24,26,29-30,32-33,36-37,39,42H,5-7,9-11,13-15,21-22,25,27-28H2,1-4H3,(H,51,60)(H,52,57)(H,54,59)/b12-8-/t32-,36-,39+,42+,49-/m1/s1. The van der Waals surface area contributed by atoms with Gasteiger partial charge in [0, 0.05) is 35.4 Å². The Morgan fingerprint density at radius 1 is 0.866 bits per heavy atom. The minimum absolute atomic E-state index is 0.00292. The Bertz CT molecular complexity index is 2660. The Morgan fingerprint density at radius 2 is 1.58 bits per heavy atom. The van der Waals surface area contributed by atoms with Crippen LogP contribution in [0.2, 0.25) is 0 Å². The number of ether oxygens (including phenoxy) is 4. The highest BCUT2D eigenvalue weighted by atomic mass is 32.2. The van der Waals surface area contributed by atoms with Crippen LogP contribution in [0.5, 0.6) is 17.4 Å². The van der Waals surface area contributed by atoms with Gasteiger partial charge in [-0.05, 0) is 128 Å². The summed E-state index contributed by atoms with van der Waals surface area (Å²) in [6.45, 7) is 7.75. The molecule has 2 aromatic carbocycles. The first-order chi connectivity index (χ1) is 32.2. The first kappa shape index (κ1) is 46.2. The van der Waals surface area contributed by atoms with E-state index in [4.69, 9.17) is 29.0 Å². The molecule has 17 nitrogen and oxygen atoms in total. The van der Waals surface area contributed by atoms with Crippen molar-refractivity contribution in [2.24, 2.45) is 5.92 Å². The number of rotatable bonds is 12. The lowest BCUT2D eigenvalue weighted by atomic mass is 10.0. The van der Waals surface area contributed by atoms with Crippen molar-refractivity contribution in [3.05, 3.63) is 60.7 Å². The first-order valence-corrected chi connectivity index (χ1v) is 25.5. The number of hydrogen-bond donors (Lipinski definition) is 3. The van der Waals surface area contributed by atoms with Crippen molar-refractivity contribution < 1.29 is 46.5 Å². The van der Waals surface area contributed by atoms with E-state index in [2.05, 4.69) is 15.4 Å². The molecule has 5 atom stereocenters. The molecule has 3 N–H and O–H groups in total. The number of allylic oxidation sites excluding steroid dienone is 1. The minimum atomic E-state index is -3.93. The van der Waals surface area contributed by atoms with Crippen LogP contribution in [0.3, 0.4) is 0 Å². The fourth-order valence-electron chi connectivity index (χ4n) is 9.54. The number of benzene rings is 2. The first-order valence-electron chi connectivity index (χ1n) is 23.9. The molecule has 1 saturated heterocycles. The summed E-state index contributed by atoms with van der Waals surface area (Å²) in [5.74, 6) is -0.734. The van der Waals surface area contributed by atoms with Crippen molar-refractivity contribution in [3.8, 4) is 28.6 Å². The fraction of sp³-hybridized carbons (Fsp3) is 0.551. The summed E-state index contributed by atoms with van der Waals surface area (Å²) in [7, 11) is -3.93. The van der Waals surface area contributed by atoms with Crippen LogP contribution >= 0.6 is 0 Å². The highest BCUT2D eigenvalue weighted by Crippen LogP contribution is 2.46. The number of fused-ring (bicyclic) bond motifs is 5. The predicted octanol–water partition coefficient (Wildman–Crippen LogP) is 6.51. The number of hydrogen-bond acceptors (Lipinski definition) is 12. The van der Waals surface area contributed by atoms with Gasteiger partial charge in [0.2, 0.25) is 27.7 Å². The molecule has 18 heteroatoms. The van der Waals surface area contributed by atoms with Crippen LogP contribution in [0.25, 0.3) is 27.8 Å². The fourth-order valence-corrected chi connectivity index (χ4v) is 10.9. The van der Waals surface area contributed by atoms with Gasteiger partial charge in [0.25, 0.3) is 5.91 Å². The normalized spacial score (nSPS) is 25.5. The zero-order valence-electron chi connectivity index (χ0n) is 38.6. The molecule has 0 spiro atoms. The van der Waals surface area contributed by atoms with E-state index >= 15 is 0 Å². The highest BCUT2D eigenvalue weighted by Gasteiger charge is 2.62. The minimum Gasteiger partial charge on any atom is -0.491 e. The number of carbonyl (C=O) groups excluding carboxylic acids is 4. The van der Waals surface area contributed by atoms with Crippen LogP contribution in [0.4, 0.5) is 4.79 Å². The van der Waals surface area contributed by atoms with Gasteiger partial charge in [0.05, 0.1) is 35.2 Å². The number of carbonyl (C=O) groups is 4. The van der Waals surface area contributed by atoms with E-state index in [1.807, 2.05) is 82.3 Å². The molecule has 0 bridgehead atoms. The Labute approximate surface area is 390 Å². The molecule has 9 rings (SSSR count). The van der Waals surface area contributed by atoms with Gasteiger partial charge in [0.1, 0.15) is 41.3 Å². The van der Waals surface area contributed by atoms with Gasteiger partial charge in [-0.3, -0.25) is 19.1 Å². The molecule has 3 aliphatic carbocycles. The summed E-state index contributed by atoms with van der Waals surface area (Å²) >= 11 is 0. The van der Waals surface area contributed by atoms with Crippen LogP contribution in [0.1, 0.15) is 111 Å². The van der Waals surface area contributed by atoms with Gasteiger partial charge >= 0.3 is 6.09 Å². The number of amides is 4. The van der Waals surface area contributed by atoms with E-state index in [0.717, 1.165) is 49.5 Å². The van der Waals surface area contributed by atoms with Crippen molar-refractivity contribution in [1.82, 2.24) is 34.9 Å². The van der Waals surface area contributed by atoms with Crippen LogP contribution in [0.15, 0.2) is 60.7 Å². The molecule has 3 saturated carbocycles. The SMILES string of the molecule is CC(C)Oc1ccc(-c2cc(O[C@@H]3C[C@H]4C(=O)N[C@]5(C(=O)NS(=O)(=O)C6CC6)C[C@H]5/C=C\CCCCC[C@H](NC(=O)OC5CCCC5)C(=O)N4C3)n3nc4cc(OC(C)C)ccc4c3n2)cc1. The lowest BCUT2D eigenvalue weighted by Gasteiger charge is -2.30. The summed E-state index contributed by atoms with van der Waals surface area (Å²) in [5, 5.41) is 10.8. The van der Waals surface area contributed by atoms with E-state index in [0.29, 0.717) is 66.3 Å². The van der Waals surface area contributed by atoms with Gasteiger partial charge in [-0.1, -0.05) is 25.0 Å². The second kappa shape index (κ2) is 19.0. The molecule has 0 unspecified atom stereocenters.